The van der Waals surface area contributed by atoms with Crippen LogP contribution >= 0.6 is 0 Å². The summed E-state index contributed by atoms with van der Waals surface area (Å²) in [6.45, 7) is 0. The van der Waals surface area contributed by atoms with Gasteiger partial charge >= 0.3 is 0 Å². The molecule has 0 aromatic rings. The van der Waals surface area contributed by atoms with Crippen molar-refractivity contribution >= 4 is 6.29 Å². The van der Waals surface area contributed by atoms with E-state index >= 15 is 0 Å². The zero-order valence-corrected chi connectivity index (χ0v) is 8.89. The van der Waals surface area contributed by atoms with Gasteiger partial charge in [0.15, 0.2) is 0 Å². The second-order valence-electron chi connectivity index (χ2n) is 3.07. The van der Waals surface area contributed by atoms with Crippen LogP contribution in [0, 0.1) is 0 Å². The van der Waals surface area contributed by atoms with E-state index in [1.165, 1.54) is 39.6 Å². The summed E-state index contributed by atoms with van der Waals surface area (Å²) < 4.78 is 15.1. The Balaban J connectivity index is 3.21. The lowest BCUT2D eigenvalue weighted by Crippen LogP contribution is -2.57. The Kier molecular flexibility index (Phi) is 3.41. The molecule has 0 saturated heterocycles. The minimum Gasteiger partial charge on any atom is -0.358 e. The molecule has 1 atom stereocenters. The van der Waals surface area contributed by atoms with Crippen LogP contribution in [0.15, 0.2) is 23.8 Å². The van der Waals surface area contributed by atoms with Gasteiger partial charge in [0.2, 0.25) is 11.6 Å². The predicted octanol–water partition coefficient (Wildman–Crippen LogP) is 0.00560. The van der Waals surface area contributed by atoms with Crippen molar-refractivity contribution in [3.05, 3.63) is 23.8 Å². The van der Waals surface area contributed by atoms with Crippen LogP contribution in [-0.4, -0.2) is 44.3 Å². The largest absolute Gasteiger partial charge is 0.358 e. The van der Waals surface area contributed by atoms with E-state index in [2.05, 4.69) is 0 Å². The zero-order valence-electron chi connectivity index (χ0n) is 8.89. The summed E-state index contributed by atoms with van der Waals surface area (Å²) in [4.78, 5) is 10.6. The van der Waals surface area contributed by atoms with Crippen molar-refractivity contribution in [3.8, 4) is 0 Å². The molecule has 0 aromatic carbocycles. The Bertz CT molecular complexity index is 303. The van der Waals surface area contributed by atoms with E-state index in [1.807, 2.05) is 0 Å². The fraction of sp³-hybridized carbons (Fsp3) is 0.500. The molecule has 0 spiro atoms. The molecule has 5 heteroatoms. The minimum atomic E-state index is -1.75. The summed E-state index contributed by atoms with van der Waals surface area (Å²) in [5.41, 5.74) is 0.348. The second-order valence-corrected chi connectivity index (χ2v) is 3.07. The Labute approximate surface area is 87.9 Å². The Morgan fingerprint density at radius 2 is 1.87 bits per heavy atom. The van der Waals surface area contributed by atoms with Gasteiger partial charge in [-0.2, -0.15) is 0 Å². The first-order valence-electron chi connectivity index (χ1n) is 4.32. The summed E-state index contributed by atoms with van der Waals surface area (Å²) in [5, 5.41) is 10.1. The monoisotopic (exact) mass is 214 g/mol. The van der Waals surface area contributed by atoms with Gasteiger partial charge in [-0.1, -0.05) is 6.08 Å². The van der Waals surface area contributed by atoms with Crippen LogP contribution in [-0.2, 0) is 19.0 Å². The first-order valence-corrected chi connectivity index (χ1v) is 4.32. The van der Waals surface area contributed by atoms with E-state index in [0.717, 1.165) is 0 Å². The average molecular weight is 214 g/mol. The first kappa shape index (κ1) is 12.1. The summed E-state index contributed by atoms with van der Waals surface area (Å²) in [5.74, 6) is -3.25. The fourth-order valence-electron chi connectivity index (χ4n) is 1.47. The van der Waals surface area contributed by atoms with Crippen LogP contribution in [0.4, 0.5) is 0 Å². The Hall–Kier alpha value is -1.01. The number of rotatable bonds is 4. The highest BCUT2D eigenvalue weighted by Crippen LogP contribution is 2.34. The average Bonchev–Trinajstić information content (AvgIpc) is 2.30. The summed E-state index contributed by atoms with van der Waals surface area (Å²) in [7, 11) is 4.02. The number of hydrogen-bond acceptors (Lipinski definition) is 5. The summed E-state index contributed by atoms with van der Waals surface area (Å²) in [6, 6.07) is 0. The van der Waals surface area contributed by atoms with Crippen LogP contribution in [0.2, 0.25) is 0 Å². The lowest BCUT2D eigenvalue weighted by molar-refractivity contribution is -0.336. The molecule has 84 valence electrons. The standard InChI is InChI=1S/C10H14O5/c1-13-9(12)5-4-8(7-11)6-10(9,14-2)15-3/h4-7,12H,1-3H3. The van der Waals surface area contributed by atoms with Crippen molar-refractivity contribution in [1.82, 2.24) is 0 Å². The van der Waals surface area contributed by atoms with Crippen molar-refractivity contribution in [2.75, 3.05) is 21.3 Å². The van der Waals surface area contributed by atoms with Crippen LogP contribution < -0.4 is 0 Å². The van der Waals surface area contributed by atoms with E-state index in [0.29, 0.717) is 11.9 Å². The molecule has 1 N–H and O–H groups in total. The molecular weight excluding hydrogens is 200 g/mol. The van der Waals surface area contributed by atoms with E-state index in [-0.39, 0.29) is 0 Å². The molecule has 1 unspecified atom stereocenters. The highest BCUT2D eigenvalue weighted by atomic mass is 16.7. The van der Waals surface area contributed by atoms with Gasteiger partial charge < -0.3 is 19.3 Å². The number of carbonyl (C=O) groups is 1. The van der Waals surface area contributed by atoms with Gasteiger partial charge in [-0.3, -0.25) is 4.79 Å². The Morgan fingerprint density at radius 1 is 1.27 bits per heavy atom. The van der Waals surface area contributed by atoms with Crippen molar-refractivity contribution in [2.24, 2.45) is 0 Å². The third kappa shape index (κ3) is 1.74. The van der Waals surface area contributed by atoms with Gasteiger partial charge in [-0.25, -0.2) is 0 Å². The molecule has 1 aliphatic rings. The van der Waals surface area contributed by atoms with Gasteiger partial charge in [0.05, 0.1) is 0 Å². The van der Waals surface area contributed by atoms with Crippen LogP contribution in [0.3, 0.4) is 0 Å². The molecule has 0 radical (unpaired) electrons. The van der Waals surface area contributed by atoms with E-state index < -0.39 is 11.6 Å². The zero-order chi connectivity index (χ0) is 11.5. The van der Waals surface area contributed by atoms with E-state index in [9.17, 15) is 9.90 Å². The maximum Gasteiger partial charge on any atom is 0.248 e. The number of ether oxygens (including phenoxy) is 3. The molecule has 5 nitrogen and oxygen atoms in total. The Morgan fingerprint density at radius 3 is 2.27 bits per heavy atom. The molecule has 0 heterocycles. The lowest BCUT2D eigenvalue weighted by Gasteiger charge is -2.41. The third-order valence-electron chi connectivity index (χ3n) is 2.41. The molecule has 0 bridgehead atoms. The number of allylic oxidation sites excluding steroid dienone is 2. The highest BCUT2D eigenvalue weighted by molar-refractivity contribution is 5.78. The molecule has 0 amide bonds. The predicted molar refractivity (Wildman–Crippen MR) is 52.0 cm³/mol. The number of hydrogen-bond donors (Lipinski definition) is 1. The molecule has 0 aromatic heterocycles. The first-order chi connectivity index (χ1) is 7.07. The third-order valence-corrected chi connectivity index (χ3v) is 2.41. The van der Waals surface area contributed by atoms with E-state index in [1.54, 1.807) is 0 Å². The number of methoxy groups -OCH3 is 3. The van der Waals surface area contributed by atoms with Gasteiger partial charge in [0.1, 0.15) is 6.29 Å². The fourth-order valence-corrected chi connectivity index (χ4v) is 1.47. The van der Waals surface area contributed by atoms with Gasteiger partial charge in [0, 0.05) is 26.9 Å². The number of aliphatic hydroxyl groups is 1. The SMILES string of the molecule is COC1(O)C=CC(C=O)=CC1(OC)OC. The maximum absolute atomic E-state index is 10.6. The van der Waals surface area contributed by atoms with Gasteiger partial charge in [-0.15, -0.1) is 0 Å². The van der Waals surface area contributed by atoms with Crippen LogP contribution in [0.1, 0.15) is 0 Å². The molecule has 0 fully saturated rings. The maximum atomic E-state index is 10.6. The topological polar surface area (TPSA) is 65.0 Å². The van der Waals surface area contributed by atoms with Gasteiger partial charge in [-0.05, 0) is 12.2 Å². The highest BCUT2D eigenvalue weighted by Gasteiger charge is 2.51. The van der Waals surface area contributed by atoms with E-state index in [4.69, 9.17) is 14.2 Å². The van der Waals surface area contributed by atoms with Crippen molar-refractivity contribution < 1.29 is 24.1 Å². The minimum absolute atomic E-state index is 0.348. The molecular formula is C10H14O5. The molecule has 1 rings (SSSR count). The van der Waals surface area contributed by atoms with Crippen molar-refractivity contribution in [3.63, 3.8) is 0 Å². The normalized spacial score (nSPS) is 28.7. The summed E-state index contributed by atoms with van der Waals surface area (Å²) >= 11 is 0. The quantitative estimate of drug-likeness (QED) is 0.527. The summed E-state index contributed by atoms with van der Waals surface area (Å²) in [6.07, 6.45) is 4.75. The number of carbonyl (C=O) groups excluding carboxylic acids is 1. The molecule has 0 aliphatic heterocycles. The van der Waals surface area contributed by atoms with Gasteiger partial charge in [0.25, 0.3) is 0 Å². The smallest absolute Gasteiger partial charge is 0.248 e. The van der Waals surface area contributed by atoms with Crippen molar-refractivity contribution in [1.29, 1.82) is 0 Å². The molecule has 15 heavy (non-hydrogen) atoms. The molecule has 0 saturated carbocycles. The lowest BCUT2D eigenvalue weighted by atomic mass is 9.95. The molecule has 1 aliphatic carbocycles. The van der Waals surface area contributed by atoms with Crippen LogP contribution in [0.5, 0.6) is 0 Å². The number of aldehydes is 1. The second kappa shape index (κ2) is 4.24. The van der Waals surface area contributed by atoms with Crippen molar-refractivity contribution in [2.45, 2.75) is 11.6 Å². The van der Waals surface area contributed by atoms with Crippen LogP contribution in [0.25, 0.3) is 0 Å².